The van der Waals surface area contributed by atoms with Gasteiger partial charge in [-0.25, -0.2) is 19.7 Å². The van der Waals surface area contributed by atoms with E-state index in [-0.39, 0.29) is 11.8 Å². The molecule has 0 spiro atoms. The summed E-state index contributed by atoms with van der Waals surface area (Å²) < 4.78 is 7.29. The molecule has 0 aliphatic carbocycles. The molecule has 3 heterocycles. The van der Waals surface area contributed by atoms with E-state index in [9.17, 15) is 4.79 Å². The number of fused-ring (bicyclic) bond motifs is 1. The molecule has 2 aromatic rings. The summed E-state index contributed by atoms with van der Waals surface area (Å²) in [4.78, 5) is 23.3. The lowest BCUT2D eigenvalue weighted by Gasteiger charge is -2.08. The molecule has 94 valence electrons. The van der Waals surface area contributed by atoms with Crippen LogP contribution in [-0.2, 0) is 11.8 Å². The molecule has 18 heavy (non-hydrogen) atoms. The van der Waals surface area contributed by atoms with Gasteiger partial charge in [0.05, 0.1) is 0 Å². The third-order valence-electron chi connectivity index (χ3n) is 3.12. The number of carboxylic acid groups (broad SMARTS) is 1. The quantitative estimate of drug-likeness (QED) is 0.849. The number of rotatable bonds is 2. The van der Waals surface area contributed by atoms with E-state index in [0.29, 0.717) is 23.6 Å². The second-order valence-corrected chi connectivity index (χ2v) is 4.23. The van der Waals surface area contributed by atoms with Crippen LogP contribution in [0.1, 0.15) is 35.3 Å². The molecule has 2 aromatic heterocycles. The molecule has 0 amide bonds. The monoisotopic (exact) mass is 248 g/mol. The number of aryl methyl sites for hydroxylation is 1. The molecule has 1 unspecified atom stereocenters. The van der Waals surface area contributed by atoms with Gasteiger partial charge < -0.3 is 14.4 Å². The number of aromatic carboxylic acids is 1. The van der Waals surface area contributed by atoms with Crippen molar-refractivity contribution in [2.24, 2.45) is 7.05 Å². The molecule has 1 N–H and O–H groups in total. The molecule has 0 aromatic carbocycles. The van der Waals surface area contributed by atoms with Gasteiger partial charge in [-0.1, -0.05) is 0 Å². The Labute approximate surface area is 102 Å². The van der Waals surface area contributed by atoms with Crippen molar-refractivity contribution in [1.82, 2.24) is 19.5 Å². The van der Waals surface area contributed by atoms with Crippen molar-refractivity contribution >= 4 is 17.1 Å². The zero-order valence-electron chi connectivity index (χ0n) is 9.83. The second kappa shape index (κ2) is 4.02. The van der Waals surface area contributed by atoms with Gasteiger partial charge in [0.15, 0.2) is 11.3 Å². The van der Waals surface area contributed by atoms with Crippen LogP contribution in [0, 0.1) is 0 Å². The molecule has 3 rings (SSSR count). The molecule has 7 heteroatoms. The van der Waals surface area contributed by atoms with Crippen molar-refractivity contribution in [2.45, 2.75) is 18.9 Å². The maximum absolute atomic E-state index is 11.1. The summed E-state index contributed by atoms with van der Waals surface area (Å²) in [5.74, 6) is -0.366. The normalized spacial score (nSPS) is 19.5. The third-order valence-corrected chi connectivity index (χ3v) is 3.12. The number of aromatic nitrogens is 4. The summed E-state index contributed by atoms with van der Waals surface area (Å²) >= 11 is 0. The Bertz CT molecular complexity index is 616. The van der Waals surface area contributed by atoms with Gasteiger partial charge in [-0.3, -0.25) is 0 Å². The fourth-order valence-corrected chi connectivity index (χ4v) is 2.28. The van der Waals surface area contributed by atoms with E-state index < -0.39 is 5.97 Å². The molecule has 0 saturated carbocycles. The largest absolute Gasteiger partial charge is 0.476 e. The minimum atomic E-state index is -1.08. The Morgan fingerprint density at radius 2 is 2.39 bits per heavy atom. The number of nitrogens with zero attached hydrogens (tertiary/aromatic N) is 4. The predicted molar refractivity (Wildman–Crippen MR) is 61.2 cm³/mol. The highest BCUT2D eigenvalue weighted by Crippen LogP contribution is 2.29. The summed E-state index contributed by atoms with van der Waals surface area (Å²) in [6.07, 6.45) is 3.03. The molecule has 1 aliphatic heterocycles. The van der Waals surface area contributed by atoms with Gasteiger partial charge in [0.25, 0.3) is 0 Å². The highest BCUT2D eigenvalue weighted by Gasteiger charge is 2.26. The predicted octanol–water partition coefficient (Wildman–Crippen LogP) is 0.913. The minimum absolute atomic E-state index is 0.0285. The van der Waals surface area contributed by atoms with Gasteiger partial charge in [-0.15, -0.1) is 0 Å². The first kappa shape index (κ1) is 11.1. The van der Waals surface area contributed by atoms with Crippen LogP contribution in [0.2, 0.25) is 0 Å². The first-order valence-corrected chi connectivity index (χ1v) is 5.70. The number of carbonyl (C=O) groups is 1. The lowest BCUT2D eigenvalue weighted by atomic mass is 10.2. The number of hydrogen-bond acceptors (Lipinski definition) is 5. The van der Waals surface area contributed by atoms with E-state index in [1.807, 2.05) is 0 Å². The summed E-state index contributed by atoms with van der Waals surface area (Å²) in [7, 11) is 1.77. The van der Waals surface area contributed by atoms with E-state index >= 15 is 0 Å². The van der Waals surface area contributed by atoms with Crippen LogP contribution in [-0.4, -0.2) is 37.2 Å². The molecule has 1 aliphatic rings. The smallest absolute Gasteiger partial charge is 0.356 e. The fraction of sp³-hybridized carbons (Fsp3) is 0.455. The van der Waals surface area contributed by atoms with Crippen molar-refractivity contribution in [1.29, 1.82) is 0 Å². The van der Waals surface area contributed by atoms with Crippen LogP contribution in [0.25, 0.3) is 11.2 Å². The minimum Gasteiger partial charge on any atom is -0.476 e. The molecule has 1 saturated heterocycles. The lowest BCUT2D eigenvalue weighted by Crippen LogP contribution is -2.08. The molecule has 0 bridgehead atoms. The fourth-order valence-electron chi connectivity index (χ4n) is 2.28. The second-order valence-electron chi connectivity index (χ2n) is 4.23. The lowest BCUT2D eigenvalue weighted by molar-refractivity contribution is 0.0692. The van der Waals surface area contributed by atoms with Crippen LogP contribution >= 0.6 is 0 Å². The van der Waals surface area contributed by atoms with E-state index in [4.69, 9.17) is 9.84 Å². The van der Waals surface area contributed by atoms with Gasteiger partial charge >= 0.3 is 5.97 Å². The first-order valence-electron chi connectivity index (χ1n) is 5.70. The van der Waals surface area contributed by atoms with Gasteiger partial charge in [-0.2, -0.15) is 0 Å². The maximum Gasteiger partial charge on any atom is 0.356 e. The van der Waals surface area contributed by atoms with Crippen LogP contribution in [0.3, 0.4) is 0 Å². The zero-order chi connectivity index (χ0) is 12.7. The molecule has 1 fully saturated rings. The van der Waals surface area contributed by atoms with Crippen LogP contribution < -0.4 is 0 Å². The number of hydrogen-bond donors (Lipinski definition) is 1. The standard InChI is InChI=1S/C11H12N4O3/c1-15-8-7(11(16)17)12-5-13-9(8)14-10(15)6-3-2-4-18-6/h5-6H,2-4H2,1H3,(H,16,17). The van der Waals surface area contributed by atoms with Crippen molar-refractivity contribution in [3.63, 3.8) is 0 Å². The van der Waals surface area contributed by atoms with E-state index in [0.717, 1.165) is 12.8 Å². The Morgan fingerprint density at radius 1 is 1.56 bits per heavy atom. The SMILES string of the molecule is Cn1c(C2CCCO2)nc2ncnc(C(=O)O)c21. The third kappa shape index (κ3) is 1.55. The summed E-state index contributed by atoms with van der Waals surface area (Å²) in [6, 6.07) is 0. The summed E-state index contributed by atoms with van der Waals surface area (Å²) in [5.41, 5.74) is 0.810. The molecular weight excluding hydrogens is 236 g/mol. The van der Waals surface area contributed by atoms with Crippen LogP contribution in [0.4, 0.5) is 0 Å². The topological polar surface area (TPSA) is 90.1 Å². The van der Waals surface area contributed by atoms with Gasteiger partial charge in [0.1, 0.15) is 23.8 Å². The summed E-state index contributed by atoms with van der Waals surface area (Å²) in [5, 5.41) is 9.12. The van der Waals surface area contributed by atoms with E-state index in [1.54, 1.807) is 11.6 Å². The van der Waals surface area contributed by atoms with Gasteiger partial charge in [0.2, 0.25) is 0 Å². The Balaban J connectivity index is 2.21. The highest BCUT2D eigenvalue weighted by atomic mass is 16.5. The van der Waals surface area contributed by atoms with Gasteiger partial charge in [0, 0.05) is 13.7 Å². The molecular formula is C11H12N4O3. The van der Waals surface area contributed by atoms with Gasteiger partial charge in [-0.05, 0) is 12.8 Å². The summed E-state index contributed by atoms with van der Waals surface area (Å²) in [6.45, 7) is 0.714. The average molecular weight is 248 g/mol. The Hall–Kier alpha value is -2.02. The van der Waals surface area contributed by atoms with Crippen molar-refractivity contribution in [3.05, 3.63) is 17.8 Å². The van der Waals surface area contributed by atoms with E-state index in [2.05, 4.69) is 15.0 Å². The molecule has 1 atom stereocenters. The molecule has 7 nitrogen and oxygen atoms in total. The number of carboxylic acids is 1. The number of ether oxygens (including phenoxy) is 1. The van der Waals surface area contributed by atoms with Crippen molar-refractivity contribution in [3.8, 4) is 0 Å². The Morgan fingerprint density at radius 3 is 3.06 bits per heavy atom. The van der Waals surface area contributed by atoms with Crippen LogP contribution in [0.15, 0.2) is 6.33 Å². The van der Waals surface area contributed by atoms with Crippen LogP contribution in [0.5, 0.6) is 0 Å². The number of imidazole rings is 1. The van der Waals surface area contributed by atoms with Crippen molar-refractivity contribution < 1.29 is 14.6 Å². The maximum atomic E-state index is 11.1. The zero-order valence-corrected chi connectivity index (χ0v) is 9.83. The first-order chi connectivity index (χ1) is 8.68. The van der Waals surface area contributed by atoms with E-state index in [1.165, 1.54) is 6.33 Å². The highest BCUT2D eigenvalue weighted by molar-refractivity contribution is 5.97. The Kier molecular flexibility index (Phi) is 2.48. The van der Waals surface area contributed by atoms with Crippen molar-refractivity contribution in [2.75, 3.05) is 6.61 Å². The average Bonchev–Trinajstić information content (AvgIpc) is 2.97. The molecule has 0 radical (unpaired) electrons.